The molecule has 88 valence electrons. The summed E-state index contributed by atoms with van der Waals surface area (Å²) in [6.07, 6.45) is 1.16. The van der Waals surface area contributed by atoms with E-state index < -0.39 is 5.97 Å². The van der Waals surface area contributed by atoms with Crippen LogP contribution in [0.1, 0.15) is 24.2 Å². The minimum atomic E-state index is -0.999. The summed E-state index contributed by atoms with van der Waals surface area (Å²) in [6.45, 7) is 4.90. The van der Waals surface area contributed by atoms with Gasteiger partial charge in [0.05, 0.1) is 12.2 Å². The molecule has 0 amide bonds. The SMILES string of the molecule is CCOCC(C)Oc1ccc(C(=O)O)cn1. The third-order valence-electron chi connectivity index (χ3n) is 1.86. The van der Waals surface area contributed by atoms with Crippen LogP contribution in [0, 0.1) is 0 Å². The average Bonchev–Trinajstić information content (AvgIpc) is 2.27. The predicted molar refractivity (Wildman–Crippen MR) is 57.8 cm³/mol. The third kappa shape index (κ3) is 3.86. The first-order chi connectivity index (χ1) is 7.63. The molecule has 0 spiro atoms. The van der Waals surface area contributed by atoms with E-state index >= 15 is 0 Å². The Hall–Kier alpha value is -1.62. The normalized spacial score (nSPS) is 12.1. The zero-order chi connectivity index (χ0) is 12.0. The zero-order valence-electron chi connectivity index (χ0n) is 9.34. The smallest absolute Gasteiger partial charge is 0.337 e. The molecule has 1 atom stereocenters. The monoisotopic (exact) mass is 225 g/mol. The molecule has 0 saturated heterocycles. The van der Waals surface area contributed by atoms with Gasteiger partial charge in [-0.25, -0.2) is 9.78 Å². The highest BCUT2D eigenvalue weighted by atomic mass is 16.5. The second-order valence-electron chi connectivity index (χ2n) is 3.28. The number of carbonyl (C=O) groups is 1. The molecule has 16 heavy (non-hydrogen) atoms. The summed E-state index contributed by atoms with van der Waals surface area (Å²) < 4.78 is 10.6. The number of aromatic carboxylic acids is 1. The molecule has 0 aromatic carbocycles. The fourth-order valence-electron chi connectivity index (χ4n) is 1.10. The highest BCUT2D eigenvalue weighted by molar-refractivity contribution is 5.87. The van der Waals surface area contributed by atoms with Crippen LogP contribution >= 0.6 is 0 Å². The Labute approximate surface area is 94.0 Å². The molecule has 5 nitrogen and oxygen atoms in total. The van der Waals surface area contributed by atoms with Crippen molar-refractivity contribution in [3.05, 3.63) is 23.9 Å². The fraction of sp³-hybridized carbons (Fsp3) is 0.455. The molecule has 0 bridgehead atoms. The number of nitrogens with zero attached hydrogens (tertiary/aromatic N) is 1. The summed E-state index contributed by atoms with van der Waals surface area (Å²) in [5.74, 6) is -0.599. The van der Waals surface area contributed by atoms with Crippen LogP contribution in [-0.4, -0.2) is 35.4 Å². The van der Waals surface area contributed by atoms with E-state index in [4.69, 9.17) is 14.6 Å². The Balaban J connectivity index is 2.51. The molecule has 1 aromatic rings. The van der Waals surface area contributed by atoms with E-state index in [9.17, 15) is 4.79 Å². The molecule has 1 heterocycles. The lowest BCUT2D eigenvalue weighted by molar-refractivity contribution is 0.0631. The van der Waals surface area contributed by atoms with E-state index in [1.54, 1.807) is 0 Å². The lowest BCUT2D eigenvalue weighted by Gasteiger charge is -2.13. The van der Waals surface area contributed by atoms with Gasteiger partial charge in [0, 0.05) is 18.9 Å². The standard InChI is InChI=1S/C11H15NO4/c1-3-15-7-8(2)16-10-5-4-9(6-12-10)11(13)14/h4-6,8H,3,7H2,1-2H3,(H,13,14). The maximum Gasteiger partial charge on any atom is 0.337 e. The zero-order valence-corrected chi connectivity index (χ0v) is 9.34. The fourth-order valence-corrected chi connectivity index (χ4v) is 1.10. The number of pyridine rings is 1. The molecule has 1 aromatic heterocycles. The average molecular weight is 225 g/mol. The van der Waals surface area contributed by atoms with Gasteiger partial charge in [0.2, 0.25) is 5.88 Å². The maximum absolute atomic E-state index is 10.6. The van der Waals surface area contributed by atoms with Crippen LogP contribution in [0.3, 0.4) is 0 Å². The van der Waals surface area contributed by atoms with Gasteiger partial charge in [0.1, 0.15) is 6.10 Å². The summed E-state index contributed by atoms with van der Waals surface area (Å²) >= 11 is 0. The van der Waals surface area contributed by atoms with Crippen LogP contribution in [-0.2, 0) is 4.74 Å². The van der Waals surface area contributed by atoms with Crippen molar-refractivity contribution in [1.29, 1.82) is 0 Å². The molecule has 0 aliphatic carbocycles. The lowest BCUT2D eigenvalue weighted by atomic mass is 10.3. The van der Waals surface area contributed by atoms with Crippen molar-refractivity contribution >= 4 is 5.97 Å². The number of aromatic nitrogens is 1. The molecule has 1 N–H and O–H groups in total. The van der Waals surface area contributed by atoms with E-state index in [0.29, 0.717) is 19.1 Å². The molecule has 0 aliphatic rings. The van der Waals surface area contributed by atoms with Crippen LogP contribution in [0.2, 0.25) is 0 Å². The topological polar surface area (TPSA) is 68.7 Å². The summed E-state index contributed by atoms with van der Waals surface area (Å²) in [7, 11) is 0. The molecule has 0 radical (unpaired) electrons. The Morgan fingerprint density at radius 1 is 1.56 bits per heavy atom. The van der Waals surface area contributed by atoms with Gasteiger partial charge in [-0.15, -0.1) is 0 Å². The van der Waals surface area contributed by atoms with Crippen molar-refractivity contribution in [3.63, 3.8) is 0 Å². The van der Waals surface area contributed by atoms with E-state index in [0.717, 1.165) is 0 Å². The van der Waals surface area contributed by atoms with Crippen molar-refractivity contribution in [1.82, 2.24) is 4.98 Å². The van der Waals surface area contributed by atoms with Gasteiger partial charge in [-0.05, 0) is 19.9 Å². The second-order valence-corrected chi connectivity index (χ2v) is 3.28. The summed E-state index contributed by atoms with van der Waals surface area (Å²) in [4.78, 5) is 14.5. The van der Waals surface area contributed by atoms with Crippen LogP contribution < -0.4 is 4.74 Å². The maximum atomic E-state index is 10.6. The van der Waals surface area contributed by atoms with Crippen molar-refractivity contribution in [2.24, 2.45) is 0 Å². The minimum Gasteiger partial charge on any atom is -0.478 e. The van der Waals surface area contributed by atoms with Crippen molar-refractivity contribution in [3.8, 4) is 5.88 Å². The van der Waals surface area contributed by atoms with Gasteiger partial charge < -0.3 is 14.6 Å². The first-order valence-electron chi connectivity index (χ1n) is 5.07. The highest BCUT2D eigenvalue weighted by Gasteiger charge is 2.07. The van der Waals surface area contributed by atoms with Gasteiger partial charge in [-0.1, -0.05) is 0 Å². The van der Waals surface area contributed by atoms with Gasteiger partial charge in [0.15, 0.2) is 0 Å². The number of rotatable bonds is 6. The van der Waals surface area contributed by atoms with Crippen molar-refractivity contribution in [2.45, 2.75) is 20.0 Å². The Kier molecular flexibility index (Phi) is 4.72. The Morgan fingerprint density at radius 3 is 2.81 bits per heavy atom. The molecule has 1 unspecified atom stereocenters. The molecule has 5 heteroatoms. The summed E-state index contributed by atoms with van der Waals surface area (Å²) in [5, 5.41) is 8.67. The lowest BCUT2D eigenvalue weighted by Crippen LogP contribution is -2.19. The second kappa shape index (κ2) is 6.07. The van der Waals surface area contributed by atoms with Gasteiger partial charge >= 0.3 is 5.97 Å². The van der Waals surface area contributed by atoms with Crippen LogP contribution in [0.5, 0.6) is 5.88 Å². The van der Waals surface area contributed by atoms with Crippen molar-refractivity contribution < 1.29 is 19.4 Å². The quantitative estimate of drug-likeness (QED) is 0.796. The third-order valence-corrected chi connectivity index (χ3v) is 1.86. The van der Waals surface area contributed by atoms with E-state index in [-0.39, 0.29) is 11.7 Å². The summed E-state index contributed by atoms with van der Waals surface area (Å²) in [6, 6.07) is 2.99. The Morgan fingerprint density at radius 2 is 2.31 bits per heavy atom. The molecular formula is C11H15NO4. The first-order valence-corrected chi connectivity index (χ1v) is 5.07. The molecule has 1 rings (SSSR count). The number of hydrogen-bond acceptors (Lipinski definition) is 4. The highest BCUT2D eigenvalue weighted by Crippen LogP contribution is 2.09. The van der Waals surface area contributed by atoms with E-state index in [1.165, 1.54) is 18.3 Å². The summed E-state index contributed by atoms with van der Waals surface area (Å²) in [5.41, 5.74) is 0.143. The van der Waals surface area contributed by atoms with E-state index in [2.05, 4.69) is 4.98 Å². The number of ether oxygens (including phenoxy) is 2. The predicted octanol–water partition coefficient (Wildman–Crippen LogP) is 1.58. The van der Waals surface area contributed by atoms with Gasteiger partial charge in [-0.3, -0.25) is 0 Å². The molecule has 0 aliphatic heterocycles. The number of carboxylic acid groups (broad SMARTS) is 1. The van der Waals surface area contributed by atoms with Crippen molar-refractivity contribution in [2.75, 3.05) is 13.2 Å². The first kappa shape index (κ1) is 12.4. The number of hydrogen-bond donors (Lipinski definition) is 1. The van der Waals surface area contributed by atoms with Crippen LogP contribution in [0.4, 0.5) is 0 Å². The number of carboxylic acids is 1. The molecule has 0 fully saturated rings. The van der Waals surface area contributed by atoms with Crippen LogP contribution in [0.25, 0.3) is 0 Å². The minimum absolute atomic E-state index is 0.108. The van der Waals surface area contributed by atoms with Crippen LogP contribution in [0.15, 0.2) is 18.3 Å². The largest absolute Gasteiger partial charge is 0.478 e. The van der Waals surface area contributed by atoms with Gasteiger partial charge in [0.25, 0.3) is 0 Å². The molecular weight excluding hydrogens is 210 g/mol. The van der Waals surface area contributed by atoms with E-state index in [1.807, 2.05) is 13.8 Å². The van der Waals surface area contributed by atoms with Gasteiger partial charge in [-0.2, -0.15) is 0 Å². The molecule has 0 saturated carbocycles. The Bertz CT molecular complexity index is 336.